The predicted molar refractivity (Wildman–Crippen MR) is 141 cm³/mol. The fraction of sp³-hybridized carbons (Fsp3) is 0.393. The summed E-state index contributed by atoms with van der Waals surface area (Å²) in [5.74, 6) is 2.94. The third kappa shape index (κ3) is 5.92. The number of benzene rings is 2. The zero-order valence-electron chi connectivity index (χ0n) is 20.8. The topological polar surface area (TPSA) is 74.5 Å². The van der Waals surface area contributed by atoms with Crippen LogP contribution in [0.4, 0.5) is 5.95 Å². The molecule has 1 aromatic heterocycles. The minimum absolute atomic E-state index is 0.376. The molecule has 0 unspecified atom stereocenters. The van der Waals surface area contributed by atoms with Crippen molar-refractivity contribution in [3.63, 3.8) is 0 Å². The summed E-state index contributed by atoms with van der Waals surface area (Å²) in [5, 5.41) is 9.10. The number of ether oxygens (including phenoxy) is 2. The van der Waals surface area contributed by atoms with Crippen molar-refractivity contribution in [1.29, 1.82) is 5.26 Å². The Bertz CT molecular complexity index is 1220. The number of hydrogen-bond donors (Lipinski definition) is 0. The average Bonchev–Trinajstić information content (AvgIpc) is 3.78. The first kappa shape index (κ1) is 24.4. The van der Waals surface area contributed by atoms with Gasteiger partial charge in [0.1, 0.15) is 12.4 Å². The van der Waals surface area contributed by atoms with Crippen molar-refractivity contribution in [1.82, 2.24) is 14.9 Å². The highest BCUT2D eigenvalue weighted by Crippen LogP contribution is 2.37. The summed E-state index contributed by atoms with van der Waals surface area (Å²) < 4.78 is 11.6. The van der Waals surface area contributed by atoms with E-state index < -0.39 is 0 Å². The molecule has 0 amide bonds. The van der Waals surface area contributed by atoms with Crippen LogP contribution in [0.1, 0.15) is 30.9 Å². The first-order valence-corrected chi connectivity index (χ1v) is 13.2. The van der Waals surface area contributed by atoms with Crippen LogP contribution in [-0.2, 0) is 6.61 Å². The Labute approximate surface area is 217 Å². The van der Waals surface area contributed by atoms with Crippen LogP contribution < -0.4 is 14.4 Å². The summed E-state index contributed by atoms with van der Waals surface area (Å²) in [6, 6.07) is 18.2. The fourth-order valence-corrected chi connectivity index (χ4v) is 5.34. The molecule has 1 atom stereocenters. The molecule has 186 valence electrons. The standard InChI is InChI=1S/C28H31N5O2S/c1-20(23-8-9-23)32-12-14-33(15-13-32)28-30-18-26(36-25-10-6-21(17-29)7-11-25)27(31-28)35-19-22-4-3-5-24(16-22)34-2/h3-7,10-11,16,18,20,23H,8-9,12-15,19H2,1-2H3/t20-/m0/s1. The molecule has 36 heavy (non-hydrogen) atoms. The SMILES string of the molecule is COc1cccc(COc2nc(N3CCN([C@@H](C)C4CC4)CC3)ncc2Sc2ccc(C#N)cc2)c1. The van der Waals surface area contributed by atoms with E-state index in [1.807, 2.05) is 54.7 Å². The highest BCUT2D eigenvalue weighted by Gasteiger charge is 2.33. The van der Waals surface area contributed by atoms with Gasteiger partial charge in [0, 0.05) is 37.1 Å². The van der Waals surface area contributed by atoms with E-state index >= 15 is 0 Å². The van der Waals surface area contributed by atoms with Gasteiger partial charge in [0.05, 0.1) is 29.8 Å². The molecule has 3 aromatic rings. The van der Waals surface area contributed by atoms with Gasteiger partial charge >= 0.3 is 0 Å². The molecular weight excluding hydrogens is 470 g/mol. The Morgan fingerprint density at radius 1 is 1.11 bits per heavy atom. The van der Waals surface area contributed by atoms with Crippen LogP contribution in [0, 0.1) is 17.2 Å². The Morgan fingerprint density at radius 2 is 1.89 bits per heavy atom. The number of nitrogens with zero attached hydrogens (tertiary/aromatic N) is 5. The largest absolute Gasteiger partial charge is 0.497 e. The van der Waals surface area contributed by atoms with Crippen LogP contribution in [0.2, 0.25) is 0 Å². The lowest BCUT2D eigenvalue weighted by molar-refractivity contribution is 0.178. The molecule has 2 aromatic carbocycles. The summed E-state index contributed by atoms with van der Waals surface area (Å²) in [4.78, 5) is 16.3. The number of hydrogen-bond acceptors (Lipinski definition) is 8. The second-order valence-electron chi connectivity index (χ2n) is 9.32. The molecule has 2 fully saturated rings. The van der Waals surface area contributed by atoms with Crippen LogP contribution in [0.25, 0.3) is 0 Å². The van der Waals surface area contributed by atoms with Crippen LogP contribution in [-0.4, -0.2) is 54.2 Å². The van der Waals surface area contributed by atoms with Crippen molar-refractivity contribution in [3.05, 3.63) is 65.9 Å². The van der Waals surface area contributed by atoms with Crippen molar-refractivity contribution in [2.45, 2.75) is 42.2 Å². The minimum Gasteiger partial charge on any atom is -0.497 e. The molecule has 1 aliphatic carbocycles. The van der Waals surface area contributed by atoms with Crippen LogP contribution >= 0.6 is 11.8 Å². The lowest BCUT2D eigenvalue weighted by Crippen LogP contribution is -2.50. The van der Waals surface area contributed by atoms with E-state index in [0.29, 0.717) is 30.0 Å². The molecule has 8 heteroatoms. The smallest absolute Gasteiger partial charge is 0.232 e. The molecular formula is C28H31N5O2S. The quantitative estimate of drug-likeness (QED) is 0.405. The number of aromatic nitrogens is 2. The van der Waals surface area contributed by atoms with E-state index in [1.54, 1.807) is 7.11 Å². The summed E-state index contributed by atoms with van der Waals surface area (Å²) in [6.07, 6.45) is 4.60. The van der Waals surface area contributed by atoms with Crippen molar-refractivity contribution in [3.8, 4) is 17.7 Å². The second-order valence-corrected chi connectivity index (χ2v) is 10.4. The Hall–Kier alpha value is -3.28. The van der Waals surface area contributed by atoms with Crippen LogP contribution in [0.15, 0.2) is 64.5 Å². The van der Waals surface area contributed by atoms with Gasteiger partial charge in [-0.3, -0.25) is 4.90 Å². The molecule has 0 N–H and O–H groups in total. The lowest BCUT2D eigenvalue weighted by Gasteiger charge is -2.38. The third-order valence-electron chi connectivity index (χ3n) is 6.91. The first-order chi connectivity index (χ1) is 17.6. The second kappa shape index (κ2) is 11.2. The van der Waals surface area contributed by atoms with Gasteiger partial charge in [0.2, 0.25) is 11.8 Å². The van der Waals surface area contributed by atoms with E-state index in [0.717, 1.165) is 53.2 Å². The third-order valence-corrected chi connectivity index (χ3v) is 7.92. The molecule has 2 heterocycles. The van der Waals surface area contributed by atoms with Crippen molar-refractivity contribution < 1.29 is 9.47 Å². The van der Waals surface area contributed by atoms with Crippen molar-refractivity contribution >= 4 is 17.7 Å². The molecule has 2 aliphatic rings. The number of piperazine rings is 1. The van der Waals surface area contributed by atoms with E-state index in [2.05, 4.69) is 22.8 Å². The van der Waals surface area contributed by atoms with E-state index in [9.17, 15) is 0 Å². The molecule has 1 saturated heterocycles. The zero-order chi connectivity index (χ0) is 24.9. The Kier molecular flexibility index (Phi) is 7.59. The maximum atomic E-state index is 9.10. The molecule has 7 nitrogen and oxygen atoms in total. The molecule has 0 spiro atoms. The van der Waals surface area contributed by atoms with Gasteiger partial charge in [-0.25, -0.2) is 4.98 Å². The molecule has 1 aliphatic heterocycles. The van der Waals surface area contributed by atoms with Gasteiger partial charge in [-0.2, -0.15) is 10.2 Å². The van der Waals surface area contributed by atoms with E-state index in [-0.39, 0.29) is 0 Å². The molecule has 1 saturated carbocycles. The normalized spacial score (nSPS) is 16.9. The Morgan fingerprint density at radius 3 is 2.58 bits per heavy atom. The van der Waals surface area contributed by atoms with Gasteiger partial charge in [0.25, 0.3) is 0 Å². The lowest BCUT2D eigenvalue weighted by atomic mass is 10.1. The minimum atomic E-state index is 0.376. The number of anilines is 1. The summed E-state index contributed by atoms with van der Waals surface area (Å²) in [6.45, 7) is 6.62. The van der Waals surface area contributed by atoms with Gasteiger partial charge in [-0.05, 0) is 67.6 Å². The first-order valence-electron chi connectivity index (χ1n) is 12.4. The number of methoxy groups -OCH3 is 1. The maximum Gasteiger partial charge on any atom is 0.232 e. The number of rotatable bonds is 9. The molecule has 5 rings (SSSR count). The predicted octanol–water partition coefficient (Wildman–Crippen LogP) is 5.01. The van der Waals surface area contributed by atoms with Gasteiger partial charge < -0.3 is 14.4 Å². The summed E-state index contributed by atoms with van der Waals surface area (Å²) >= 11 is 1.54. The van der Waals surface area contributed by atoms with Crippen molar-refractivity contribution in [2.24, 2.45) is 5.92 Å². The monoisotopic (exact) mass is 501 g/mol. The average molecular weight is 502 g/mol. The van der Waals surface area contributed by atoms with Crippen LogP contribution in [0.3, 0.4) is 0 Å². The number of nitriles is 1. The Balaban J connectivity index is 1.33. The van der Waals surface area contributed by atoms with E-state index in [4.69, 9.17) is 24.7 Å². The van der Waals surface area contributed by atoms with Gasteiger partial charge in [-0.1, -0.05) is 23.9 Å². The van der Waals surface area contributed by atoms with Gasteiger partial charge in [0.15, 0.2) is 0 Å². The van der Waals surface area contributed by atoms with Gasteiger partial charge in [-0.15, -0.1) is 0 Å². The van der Waals surface area contributed by atoms with E-state index in [1.165, 1.54) is 24.6 Å². The highest BCUT2D eigenvalue weighted by atomic mass is 32.2. The molecule has 0 radical (unpaired) electrons. The van der Waals surface area contributed by atoms with Crippen molar-refractivity contribution in [2.75, 3.05) is 38.2 Å². The fourth-order valence-electron chi connectivity index (χ4n) is 4.52. The summed E-state index contributed by atoms with van der Waals surface area (Å²) in [5.41, 5.74) is 1.64. The zero-order valence-corrected chi connectivity index (χ0v) is 21.6. The highest BCUT2D eigenvalue weighted by molar-refractivity contribution is 7.99. The maximum absolute atomic E-state index is 9.10. The van der Waals surface area contributed by atoms with Crippen LogP contribution in [0.5, 0.6) is 11.6 Å². The summed E-state index contributed by atoms with van der Waals surface area (Å²) in [7, 11) is 1.66. The molecule has 0 bridgehead atoms.